The van der Waals surface area contributed by atoms with Crippen molar-refractivity contribution in [3.8, 4) is 0 Å². The molecule has 2 unspecified atom stereocenters. The van der Waals surface area contributed by atoms with Gasteiger partial charge in [0.05, 0.1) is 25.4 Å². The predicted molar refractivity (Wildman–Crippen MR) is 366 cm³/mol. The van der Waals surface area contributed by atoms with Gasteiger partial charge in [-0.15, -0.1) is 47.0 Å². The van der Waals surface area contributed by atoms with Crippen molar-refractivity contribution < 1.29 is 19.1 Å². The van der Waals surface area contributed by atoms with Gasteiger partial charge in [0.1, 0.15) is 12.2 Å². The van der Waals surface area contributed by atoms with Crippen LogP contribution in [0.25, 0.3) is 0 Å². The molecular weight excluding hydrogens is 1160 g/mol. The Labute approximate surface area is 533 Å². The summed E-state index contributed by atoms with van der Waals surface area (Å²) in [5, 5.41) is 0. The molecule has 0 amide bonds. The standard InChI is InChI=1S/C70H106O4S8/c1-43(2)15-11-17-45(5)53-25-27-55-51-23-21-47-41-49(29-33-67(47,7)57(51)31-35-69(53,55)9)73-59(71)19-13-37-75-61-62(80-65(79-61)66-81-63-64(82-66)78-40-39-77-63)76-38-14-20-60(72)74-50-30-34-68(8)48(42-50)22-24-52-56-28-26-54(46(6)18-12-16-44(3)4)70(56,10)36-32-58(52)68/h21-22,43-46,49-58H,11-20,23-42H2,1-10H3/t45-,46-,49?,50?,51+,52+,53-,54-,55+,56+,57+,58+,67+,68+,69-,70-/m1/s1. The first-order valence-corrected chi connectivity index (χ1v) is 40.8. The van der Waals surface area contributed by atoms with Gasteiger partial charge in [0.15, 0.2) is 0 Å². The van der Waals surface area contributed by atoms with Crippen LogP contribution in [0.5, 0.6) is 0 Å². The van der Waals surface area contributed by atoms with Gasteiger partial charge in [0.25, 0.3) is 0 Å². The van der Waals surface area contributed by atoms with E-state index in [2.05, 4.69) is 81.4 Å². The van der Waals surface area contributed by atoms with Crippen molar-refractivity contribution in [2.24, 2.45) is 92.7 Å². The zero-order valence-corrected chi connectivity index (χ0v) is 58.9. The smallest absolute Gasteiger partial charge is 0.306 e. The maximum atomic E-state index is 13.6. The molecule has 0 aromatic carbocycles. The Morgan fingerprint density at radius 2 is 0.939 bits per heavy atom. The molecule has 11 aliphatic rings. The summed E-state index contributed by atoms with van der Waals surface area (Å²) < 4.78 is 21.3. The first-order chi connectivity index (χ1) is 39.4. The van der Waals surface area contributed by atoms with Gasteiger partial charge in [-0.1, -0.05) is 178 Å². The predicted octanol–water partition coefficient (Wildman–Crippen LogP) is 22.7. The lowest BCUT2D eigenvalue weighted by Crippen LogP contribution is -2.51. The third-order valence-corrected chi connectivity index (χ3v) is 36.4. The molecule has 82 heavy (non-hydrogen) atoms. The number of thioether (sulfide) groups is 8. The molecule has 0 radical (unpaired) electrons. The summed E-state index contributed by atoms with van der Waals surface area (Å²) in [5.74, 6) is 14.3. The second kappa shape index (κ2) is 27.5. The van der Waals surface area contributed by atoms with Crippen LogP contribution in [0.2, 0.25) is 0 Å². The van der Waals surface area contributed by atoms with E-state index in [0.29, 0.717) is 23.7 Å². The lowest BCUT2D eigenvalue weighted by molar-refractivity contribution is -0.152. The third-order valence-electron chi connectivity index (χ3n) is 24.4. The molecule has 0 aromatic heterocycles. The molecule has 11 rings (SSSR count). The number of carbonyl (C=O) groups is 2. The Morgan fingerprint density at radius 1 is 0.512 bits per heavy atom. The van der Waals surface area contributed by atoms with Crippen molar-refractivity contribution >= 4 is 106 Å². The summed E-state index contributed by atoms with van der Waals surface area (Å²) in [6, 6.07) is 0. The van der Waals surface area contributed by atoms with Crippen LogP contribution in [0.15, 0.2) is 48.7 Å². The molecule has 0 spiro atoms. The quantitative estimate of drug-likeness (QED) is 0.0590. The fourth-order valence-corrected chi connectivity index (χ4v) is 32.2. The second-order valence-electron chi connectivity index (χ2n) is 30.0. The van der Waals surface area contributed by atoms with Crippen molar-refractivity contribution in [3.05, 3.63) is 48.7 Å². The molecule has 12 heteroatoms. The number of rotatable bonds is 22. The maximum Gasteiger partial charge on any atom is 0.306 e. The highest BCUT2D eigenvalue weighted by Crippen LogP contribution is 2.71. The van der Waals surface area contributed by atoms with Crippen LogP contribution < -0.4 is 0 Å². The van der Waals surface area contributed by atoms with Crippen LogP contribution in [-0.2, 0) is 19.1 Å². The van der Waals surface area contributed by atoms with E-state index in [4.69, 9.17) is 9.47 Å². The van der Waals surface area contributed by atoms with E-state index >= 15 is 0 Å². The SMILES string of the molecule is CC(C)CCC[C@@H](C)[C@H]1CC[C@H]2[C@@H]3CC=C4CC(OC(=O)CCCSC5=C(SCCCC(=O)OC6CC[C@@]7(C)C(=CC[C@H]8[C@@H]9CC[C@H]([C@H](C)CCCC(C)C)[C@@]9(C)CC[C@@H]87)C6)SC(=C6SC7=C(SCCS7)S6)S5)CC[C@]4(C)[C@H]3CC[C@]12C. The van der Waals surface area contributed by atoms with Gasteiger partial charge >= 0.3 is 11.9 Å². The monoisotopic (exact) mass is 1270 g/mol. The minimum atomic E-state index is -0.00789. The van der Waals surface area contributed by atoms with Gasteiger partial charge in [-0.2, -0.15) is 0 Å². The number of fused-ring (bicyclic) bond motifs is 10. The largest absolute Gasteiger partial charge is 0.462 e. The van der Waals surface area contributed by atoms with E-state index in [-0.39, 0.29) is 35.0 Å². The Kier molecular flexibility index (Phi) is 21.5. The first-order valence-electron chi connectivity index (χ1n) is 33.6. The van der Waals surface area contributed by atoms with Crippen LogP contribution in [0.3, 0.4) is 0 Å². The zero-order valence-electron chi connectivity index (χ0n) is 52.3. The molecular formula is C70H106O4S8. The number of carbonyl (C=O) groups excluding carboxylic acids is 2. The summed E-state index contributed by atoms with van der Waals surface area (Å²) in [5.41, 5.74) is 4.79. The summed E-state index contributed by atoms with van der Waals surface area (Å²) in [6.07, 6.45) is 36.4. The minimum absolute atomic E-state index is 0.00789. The summed E-state index contributed by atoms with van der Waals surface area (Å²) in [7, 11) is 0. The molecule has 458 valence electrons. The third kappa shape index (κ3) is 13.6. The first kappa shape index (κ1) is 64.0. The summed E-state index contributed by atoms with van der Waals surface area (Å²) in [6.45, 7) is 25.3. The van der Waals surface area contributed by atoms with E-state index in [0.717, 1.165) is 121 Å². The fraction of sp³-hybridized carbons (Fsp3) is 0.829. The number of ether oxygens (including phenoxy) is 2. The molecule has 0 bridgehead atoms. The van der Waals surface area contributed by atoms with Crippen LogP contribution in [-0.4, -0.2) is 47.2 Å². The van der Waals surface area contributed by atoms with E-state index in [1.54, 1.807) is 11.1 Å². The van der Waals surface area contributed by atoms with E-state index in [9.17, 15) is 9.59 Å². The van der Waals surface area contributed by atoms with Gasteiger partial charge in [-0.25, -0.2) is 0 Å². The van der Waals surface area contributed by atoms with Crippen molar-refractivity contribution in [1.29, 1.82) is 0 Å². The average molecular weight is 1270 g/mol. The molecule has 8 aliphatic carbocycles. The Balaban J connectivity index is 0.632. The molecule has 0 N–H and O–H groups in total. The van der Waals surface area contributed by atoms with Gasteiger partial charge in [0, 0.05) is 37.2 Å². The van der Waals surface area contributed by atoms with Crippen molar-refractivity contribution in [3.63, 3.8) is 0 Å². The molecule has 16 atom stereocenters. The lowest BCUT2D eigenvalue weighted by atomic mass is 9.47. The van der Waals surface area contributed by atoms with E-state index < -0.39 is 0 Å². The van der Waals surface area contributed by atoms with Crippen LogP contribution >= 0.6 is 94.1 Å². The van der Waals surface area contributed by atoms with Crippen LogP contribution in [0.1, 0.15) is 236 Å². The number of esters is 2. The van der Waals surface area contributed by atoms with Crippen LogP contribution in [0, 0.1) is 92.7 Å². The molecule has 6 fully saturated rings. The van der Waals surface area contributed by atoms with Crippen molar-refractivity contribution in [2.75, 3.05) is 23.0 Å². The van der Waals surface area contributed by atoms with Crippen molar-refractivity contribution in [1.82, 2.24) is 0 Å². The van der Waals surface area contributed by atoms with Gasteiger partial charge in [0.2, 0.25) is 0 Å². The highest BCUT2D eigenvalue weighted by Gasteiger charge is 2.61. The van der Waals surface area contributed by atoms with Gasteiger partial charge in [-0.3, -0.25) is 9.59 Å². The van der Waals surface area contributed by atoms with Crippen LogP contribution in [0.4, 0.5) is 0 Å². The second-order valence-corrected chi connectivity index (χ2v) is 40.1. The van der Waals surface area contributed by atoms with E-state index in [1.165, 1.54) is 153 Å². The van der Waals surface area contributed by atoms with Crippen molar-refractivity contribution in [2.45, 2.75) is 248 Å². The number of hydrogen-bond acceptors (Lipinski definition) is 12. The Bertz CT molecular complexity index is 2320. The molecule has 6 saturated carbocycles. The van der Waals surface area contributed by atoms with E-state index in [1.807, 2.05) is 94.1 Å². The fourth-order valence-electron chi connectivity index (χ4n) is 20.1. The van der Waals surface area contributed by atoms with Gasteiger partial charge in [-0.05, 0) is 207 Å². The molecule has 3 heterocycles. The van der Waals surface area contributed by atoms with Gasteiger partial charge < -0.3 is 9.47 Å². The lowest BCUT2D eigenvalue weighted by Gasteiger charge is -2.58. The molecule has 0 saturated heterocycles. The Morgan fingerprint density at radius 3 is 1.37 bits per heavy atom. The topological polar surface area (TPSA) is 52.6 Å². The minimum Gasteiger partial charge on any atom is -0.462 e. The maximum absolute atomic E-state index is 13.6. The normalized spacial score (nSPS) is 38.5. The number of allylic oxidation sites excluding steroid dienone is 2. The zero-order chi connectivity index (χ0) is 57.6. The number of hydrogen-bond donors (Lipinski definition) is 0. The molecule has 0 aromatic rings. The highest BCUT2D eigenvalue weighted by atomic mass is 32.3. The summed E-state index contributed by atoms with van der Waals surface area (Å²) >= 11 is 15.7. The highest BCUT2D eigenvalue weighted by molar-refractivity contribution is 8.45. The molecule has 4 nitrogen and oxygen atoms in total. The Hall–Kier alpha value is 0.440. The molecule has 3 aliphatic heterocycles. The summed E-state index contributed by atoms with van der Waals surface area (Å²) in [4.78, 5) is 27.2. The average Bonchev–Trinajstić information content (AvgIpc) is 2.31.